The first-order valence-corrected chi connectivity index (χ1v) is 5.65. The third-order valence-corrected chi connectivity index (χ3v) is 2.10. The van der Waals surface area contributed by atoms with E-state index in [0.717, 1.165) is 0 Å². The molecule has 1 rings (SSSR count). The highest BCUT2D eigenvalue weighted by Crippen LogP contribution is 2.26. The molecule has 3 nitrogen and oxygen atoms in total. The number of allylic oxidation sites excluding steroid dienone is 1. The number of ether oxygens (including phenoxy) is 1. The Morgan fingerprint density at radius 1 is 1.39 bits per heavy atom. The van der Waals surface area contributed by atoms with Crippen LogP contribution in [-0.2, 0) is 4.74 Å². The largest absolute Gasteiger partial charge is 0.444 e. The number of amides is 1. The molecule has 1 N–H and O–H groups in total. The lowest BCUT2D eigenvalue weighted by Gasteiger charge is -2.20. The second-order valence-electron chi connectivity index (χ2n) is 5.07. The van der Waals surface area contributed by atoms with Gasteiger partial charge in [-0.25, -0.2) is 9.18 Å². The lowest BCUT2D eigenvalue weighted by Crippen LogP contribution is -2.27. The summed E-state index contributed by atoms with van der Waals surface area (Å²) < 4.78 is 18.8. The van der Waals surface area contributed by atoms with Crippen LogP contribution in [0, 0.1) is 5.82 Å². The van der Waals surface area contributed by atoms with Crippen LogP contribution in [0.2, 0.25) is 0 Å². The number of rotatable bonds is 2. The topological polar surface area (TPSA) is 38.3 Å². The number of para-hydroxylation sites is 1. The summed E-state index contributed by atoms with van der Waals surface area (Å²) in [7, 11) is 0. The number of halogens is 1. The number of nitrogens with one attached hydrogen (secondary N) is 1. The first-order valence-electron chi connectivity index (χ1n) is 5.65. The van der Waals surface area contributed by atoms with E-state index in [1.54, 1.807) is 39.8 Å². The molecule has 1 aromatic carbocycles. The summed E-state index contributed by atoms with van der Waals surface area (Å²) >= 11 is 0. The molecule has 0 spiro atoms. The van der Waals surface area contributed by atoms with Gasteiger partial charge in [-0.3, -0.25) is 5.32 Å². The van der Waals surface area contributed by atoms with Crippen LogP contribution in [0.5, 0.6) is 0 Å². The van der Waals surface area contributed by atoms with E-state index in [2.05, 4.69) is 11.9 Å². The number of carbonyl (C=O) groups excluding carboxylic acids is 1. The first kappa shape index (κ1) is 14.2. The molecule has 1 amide bonds. The van der Waals surface area contributed by atoms with Crippen LogP contribution >= 0.6 is 0 Å². The molecule has 18 heavy (non-hydrogen) atoms. The maximum Gasteiger partial charge on any atom is 0.412 e. The normalized spacial score (nSPS) is 10.9. The van der Waals surface area contributed by atoms with Crippen molar-refractivity contribution in [2.45, 2.75) is 33.3 Å². The molecule has 1 aromatic rings. The summed E-state index contributed by atoms with van der Waals surface area (Å²) in [5.74, 6) is -0.513. The zero-order chi connectivity index (χ0) is 13.9. The molecule has 4 heteroatoms. The van der Waals surface area contributed by atoms with E-state index in [1.165, 1.54) is 6.07 Å². The first-order chi connectivity index (χ1) is 8.20. The Bertz CT molecular complexity index is 475. The zero-order valence-electron chi connectivity index (χ0n) is 11.1. The third-order valence-electron chi connectivity index (χ3n) is 2.10. The smallest absolute Gasteiger partial charge is 0.412 e. The maximum absolute atomic E-state index is 13.7. The van der Waals surface area contributed by atoms with Gasteiger partial charge in [-0.1, -0.05) is 18.7 Å². The Kier molecular flexibility index (Phi) is 4.11. The van der Waals surface area contributed by atoms with Crippen molar-refractivity contribution in [1.82, 2.24) is 0 Å². The molecule has 0 radical (unpaired) electrons. The summed E-state index contributed by atoms with van der Waals surface area (Å²) in [4.78, 5) is 11.6. The fourth-order valence-corrected chi connectivity index (χ4v) is 1.41. The van der Waals surface area contributed by atoms with E-state index in [9.17, 15) is 9.18 Å². The van der Waals surface area contributed by atoms with Crippen molar-refractivity contribution in [3.05, 3.63) is 36.2 Å². The minimum atomic E-state index is -0.685. The van der Waals surface area contributed by atoms with Gasteiger partial charge in [0.1, 0.15) is 11.4 Å². The van der Waals surface area contributed by atoms with Crippen molar-refractivity contribution in [3.8, 4) is 0 Å². The monoisotopic (exact) mass is 251 g/mol. The molecule has 0 aliphatic carbocycles. The predicted molar refractivity (Wildman–Crippen MR) is 71.0 cm³/mol. The SMILES string of the molecule is C=C(C)c1cccc(F)c1NC(=O)OC(C)(C)C. The van der Waals surface area contributed by atoms with Crippen LogP contribution in [0.15, 0.2) is 24.8 Å². The molecule has 0 saturated heterocycles. The number of carbonyl (C=O) groups is 1. The van der Waals surface area contributed by atoms with Crippen molar-refractivity contribution in [2.75, 3.05) is 5.32 Å². The van der Waals surface area contributed by atoms with Gasteiger partial charge in [-0.15, -0.1) is 0 Å². The van der Waals surface area contributed by atoms with Crippen molar-refractivity contribution >= 4 is 17.4 Å². The molecule has 98 valence electrons. The van der Waals surface area contributed by atoms with Gasteiger partial charge in [0.2, 0.25) is 0 Å². The summed E-state index contributed by atoms with van der Waals surface area (Å²) in [6, 6.07) is 4.54. The predicted octanol–water partition coefficient (Wildman–Crippen LogP) is 4.21. The Hall–Kier alpha value is -1.84. The van der Waals surface area contributed by atoms with Crippen LogP contribution in [0.3, 0.4) is 0 Å². The van der Waals surface area contributed by atoms with Gasteiger partial charge in [0.05, 0.1) is 5.69 Å². The Labute approximate surface area is 107 Å². The van der Waals surface area contributed by atoms with Crippen LogP contribution in [0.4, 0.5) is 14.9 Å². The third kappa shape index (κ3) is 3.87. The van der Waals surface area contributed by atoms with Gasteiger partial charge >= 0.3 is 6.09 Å². The molecule has 0 saturated carbocycles. The standard InChI is InChI=1S/C14H18FNO2/c1-9(2)10-7-6-8-11(15)12(10)16-13(17)18-14(3,4)5/h6-8H,1H2,2-5H3,(H,16,17). The van der Waals surface area contributed by atoms with E-state index < -0.39 is 17.5 Å². The molecule has 0 aliphatic heterocycles. The van der Waals surface area contributed by atoms with Crippen molar-refractivity contribution in [3.63, 3.8) is 0 Å². The second-order valence-corrected chi connectivity index (χ2v) is 5.07. The highest BCUT2D eigenvalue weighted by Gasteiger charge is 2.18. The van der Waals surface area contributed by atoms with Gasteiger partial charge in [-0.2, -0.15) is 0 Å². The number of anilines is 1. The maximum atomic E-state index is 13.7. The molecular formula is C14H18FNO2. The summed E-state index contributed by atoms with van der Waals surface area (Å²) in [6.07, 6.45) is -0.685. The van der Waals surface area contributed by atoms with E-state index in [0.29, 0.717) is 11.1 Å². The lowest BCUT2D eigenvalue weighted by atomic mass is 10.1. The Morgan fingerprint density at radius 2 is 2.00 bits per heavy atom. The molecule has 0 fully saturated rings. The highest BCUT2D eigenvalue weighted by atomic mass is 19.1. The quantitative estimate of drug-likeness (QED) is 0.855. The molecule has 0 unspecified atom stereocenters. The summed E-state index contributed by atoms with van der Waals surface area (Å²) in [6.45, 7) is 10.7. The molecule has 0 aliphatic rings. The fraction of sp³-hybridized carbons (Fsp3) is 0.357. The molecule has 0 bridgehead atoms. The summed E-state index contributed by atoms with van der Waals surface area (Å²) in [5, 5.41) is 2.42. The van der Waals surface area contributed by atoms with E-state index >= 15 is 0 Å². The molecular weight excluding hydrogens is 233 g/mol. The van der Waals surface area contributed by atoms with Crippen LogP contribution in [-0.4, -0.2) is 11.7 Å². The zero-order valence-corrected chi connectivity index (χ0v) is 11.1. The number of hydrogen-bond acceptors (Lipinski definition) is 2. The number of hydrogen-bond donors (Lipinski definition) is 1. The van der Waals surface area contributed by atoms with E-state index in [-0.39, 0.29) is 5.69 Å². The second kappa shape index (κ2) is 5.21. The minimum absolute atomic E-state index is 0.0965. The van der Waals surface area contributed by atoms with Crippen LogP contribution in [0.1, 0.15) is 33.3 Å². The van der Waals surface area contributed by atoms with Crippen molar-refractivity contribution < 1.29 is 13.9 Å². The van der Waals surface area contributed by atoms with Crippen LogP contribution < -0.4 is 5.32 Å². The molecule has 0 aromatic heterocycles. The minimum Gasteiger partial charge on any atom is -0.444 e. The van der Waals surface area contributed by atoms with Gasteiger partial charge in [-0.05, 0) is 39.3 Å². The Balaban J connectivity index is 2.97. The Morgan fingerprint density at radius 3 is 2.50 bits per heavy atom. The van der Waals surface area contributed by atoms with Crippen LogP contribution in [0.25, 0.3) is 5.57 Å². The van der Waals surface area contributed by atoms with Gasteiger partial charge in [0, 0.05) is 5.56 Å². The fourth-order valence-electron chi connectivity index (χ4n) is 1.41. The molecule has 0 atom stereocenters. The van der Waals surface area contributed by atoms with Gasteiger partial charge in [0.25, 0.3) is 0 Å². The average molecular weight is 251 g/mol. The van der Waals surface area contributed by atoms with Gasteiger partial charge < -0.3 is 4.74 Å². The summed E-state index contributed by atoms with van der Waals surface area (Å²) in [5.41, 5.74) is 0.694. The average Bonchev–Trinajstić information content (AvgIpc) is 2.17. The van der Waals surface area contributed by atoms with Crippen molar-refractivity contribution in [2.24, 2.45) is 0 Å². The lowest BCUT2D eigenvalue weighted by molar-refractivity contribution is 0.0635. The van der Waals surface area contributed by atoms with Crippen molar-refractivity contribution in [1.29, 1.82) is 0 Å². The molecule has 0 heterocycles. The number of benzene rings is 1. The van der Waals surface area contributed by atoms with E-state index in [4.69, 9.17) is 4.74 Å². The van der Waals surface area contributed by atoms with E-state index in [1.807, 2.05) is 0 Å². The highest BCUT2D eigenvalue weighted by molar-refractivity contribution is 5.89. The van der Waals surface area contributed by atoms with Gasteiger partial charge in [0.15, 0.2) is 0 Å².